The molecule has 86 valence electrons. The lowest BCUT2D eigenvalue weighted by Crippen LogP contribution is -2.16. The molecule has 2 rings (SSSR count). The van der Waals surface area contributed by atoms with Crippen molar-refractivity contribution in [2.75, 3.05) is 18.5 Å². The maximum absolute atomic E-state index is 11.4. The van der Waals surface area contributed by atoms with E-state index in [0.29, 0.717) is 13.0 Å². The minimum Gasteiger partial charge on any atom is -0.466 e. The first-order chi connectivity index (χ1) is 7.81. The predicted octanol–water partition coefficient (Wildman–Crippen LogP) is 2.15. The molecule has 0 amide bonds. The highest BCUT2D eigenvalue weighted by Crippen LogP contribution is 2.26. The van der Waals surface area contributed by atoms with E-state index in [9.17, 15) is 4.79 Å². The molecule has 0 fully saturated rings. The smallest absolute Gasteiger partial charge is 0.310 e. The van der Waals surface area contributed by atoms with Crippen LogP contribution in [0.5, 0.6) is 0 Å². The highest BCUT2D eigenvalue weighted by Gasteiger charge is 2.14. The molecule has 1 N–H and O–H groups in total. The molecule has 1 aliphatic heterocycles. The van der Waals surface area contributed by atoms with Gasteiger partial charge in [0, 0.05) is 12.2 Å². The zero-order chi connectivity index (χ0) is 11.4. The van der Waals surface area contributed by atoms with Gasteiger partial charge < -0.3 is 10.1 Å². The first-order valence-electron chi connectivity index (χ1n) is 5.81. The number of hydrogen-bond acceptors (Lipinski definition) is 3. The van der Waals surface area contributed by atoms with Crippen LogP contribution in [-0.4, -0.2) is 19.1 Å². The van der Waals surface area contributed by atoms with Crippen LogP contribution in [0.25, 0.3) is 0 Å². The lowest BCUT2D eigenvalue weighted by molar-refractivity contribution is -0.142. The topological polar surface area (TPSA) is 38.3 Å². The van der Waals surface area contributed by atoms with Crippen molar-refractivity contribution in [1.29, 1.82) is 0 Å². The van der Waals surface area contributed by atoms with Crippen molar-refractivity contribution in [1.82, 2.24) is 0 Å². The Morgan fingerprint density at radius 3 is 3.19 bits per heavy atom. The number of esters is 1. The molecular formula is C13H17NO2. The van der Waals surface area contributed by atoms with E-state index in [2.05, 4.69) is 11.4 Å². The zero-order valence-electron chi connectivity index (χ0n) is 9.58. The van der Waals surface area contributed by atoms with Crippen LogP contribution >= 0.6 is 0 Å². The third-order valence-corrected chi connectivity index (χ3v) is 2.80. The Bertz CT molecular complexity index is 388. The van der Waals surface area contributed by atoms with Gasteiger partial charge in [-0.15, -0.1) is 0 Å². The van der Waals surface area contributed by atoms with Gasteiger partial charge in [-0.2, -0.15) is 0 Å². The lowest BCUT2D eigenvalue weighted by Gasteiger charge is -2.20. The second kappa shape index (κ2) is 5.01. The van der Waals surface area contributed by atoms with E-state index in [4.69, 9.17) is 4.74 Å². The van der Waals surface area contributed by atoms with Gasteiger partial charge in [-0.05, 0) is 30.9 Å². The molecule has 0 bridgehead atoms. The standard InChI is InChI=1S/C13H17NO2/c1-2-16-12(15)9-11-6-3-5-10-7-4-8-14-13(10)11/h3,5-6,14H,2,4,7-9H2,1H3. The Morgan fingerprint density at radius 2 is 2.38 bits per heavy atom. The van der Waals surface area contributed by atoms with Crippen LogP contribution in [0.4, 0.5) is 5.69 Å². The summed E-state index contributed by atoms with van der Waals surface area (Å²) in [7, 11) is 0. The van der Waals surface area contributed by atoms with Gasteiger partial charge in [-0.3, -0.25) is 4.79 Å². The molecule has 0 saturated heterocycles. The molecule has 3 nitrogen and oxygen atoms in total. The Morgan fingerprint density at radius 1 is 1.50 bits per heavy atom. The van der Waals surface area contributed by atoms with Gasteiger partial charge in [-0.25, -0.2) is 0 Å². The molecule has 0 saturated carbocycles. The number of aryl methyl sites for hydroxylation is 1. The number of carbonyl (C=O) groups excluding carboxylic acids is 1. The third-order valence-electron chi connectivity index (χ3n) is 2.80. The predicted molar refractivity (Wildman–Crippen MR) is 63.6 cm³/mol. The number of fused-ring (bicyclic) bond motifs is 1. The summed E-state index contributed by atoms with van der Waals surface area (Å²) in [6, 6.07) is 6.13. The average Bonchev–Trinajstić information content (AvgIpc) is 2.30. The number of para-hydroxylation sites is 1. The highest BCUT2D eigenvalue weighted by atomic mass is 16.5. The van der Waals surface area contributed by atoms with E-state index in [1.54, 1.807) is 0 Å². The molecule has 16 heavy (non-hydrogen) atoms. The van der Waals surface area contributed by atoms with Crippen LogP contribution in [0, 0.1) is 0 Å². The molecule has 0 radical (unpaired) electrons. The van der Waals surface area contributed by atoms with Crippen LogP contribution < -0.4 is 5.32 Å². The number of hydrogen-bond donors (Lipinski definition) is 1. The van der Waals surface area contributed by atoms with E-state index >= 15 is 0 Å². The van der Waals surface area contributed by atoms with Crippen LogP contribution in [0.1, 0.15) is 24.5 Å². The van der Waals surface area contributed by atoms with Crippen molar-refractivity contribution in [2.24, 2.45) is 0 Å². The Labute approximate surface area is 95.8 Å². The summed E-state index contributed by atoms with van der Waals surface area (Å²) in [6.45, 7) is 3.27. The van der Waals surface area contributed by atoms with Crippen LogP contribution in [0.15, 0.2) is 18.2 Å². The third kappa shape index (κ3) is 2.35. The van der Waals surface area contributed by atoms with Crippen molar-refractivity contribution in [3.63, 3.8) is 0 Å². The molecular weight excluding hydrogens is 202 g/mol. The summed E-state index contributed by atoms with van der Waals surface area (Å²) >= 11 is 0. The largest absolute Gasteiger partial charge is 0.466 e. The minimum atomic E-state index is -0.150. The van der Waals surface area contributed by atoms with Gasteiger partial charge in [0.1, 0.15) is 0 Å². The van der Waals surface area contributed by atoms with Gasteiger partial charge in [0.15, 0.2) is 0 Å². The number of anilines is 1. The van der Waals surface area contributed by atoms with E-state index in [0.717, 1.165) is 30.6 Å². The maximum Gasteiger partial charge on any atom is 0.310 e. The Kier molecular flexibility index (Phi) is 3.44. The highest BCUT2D eigenvalue weighted by molar-refractivity contribution is 5.76. The number of benzene rings is 1. The summed E-state index contributed by atoms with van der Waals surface area (Å²) < 4.78 is 4.97. The molecule has 1 aromatic rings. The molecule has 0 unspecified atom stereocenters. The van der Waals surface area contributed by atoms with Crippen LogP contribution in [0.3, 0.4) is 0 Å². The second-order valence-electron chi connectivity index (χ2n) is 3.96. The summed E-state index contributed by atoms with van der Waals surface area (Å²) in [5.41, 5.74) is 3.51. The van der Waals surface area contributed by atoms with Crippen LogP contribution in [0.2, 0.25) is 0 Å². The number of ether oxygens (including phenoxy) is 1. The molecule has 0 atom stereocenters. The quantitative estimate of drug-likeness (QED) is 0.792. The normalized spacial score (nSPS) is 13.8. The number of rotatable bonds is 3. The number of carbonyl (C=O) groups is 1. The minimum absolute atomic E-state index is 0.150. The van der Waals surface area contributed by atoms with Crippen molar-refractivity contribution in [3.05, 3.63) is 29.3 Å². The fourth-order valence-electron chi connectivity index (χ4n) is 2.10. The van der Waals surface area contributed by atoms with Gasteiger partial charge in [-0.1, -0.05) is 18.2 Å². The molecule has 1 heterocycles. The first-order valence-corrected chi connectivity index (χ1v) is 5.81. The van der Waals surface area contributed by atoms with E-state index in [1.807, 2.05) is 19.1 Å². The van der Waals surface area contributed by atoms with Gasteiger partial charge >= 0.3 is 5.97 Å². The second-order valence-corrected chi connectivity index (χ2v) is 3.96. The van der Waals surface area contributed by atoms with Gasteiger partial charge in [0.25, 0.3) is 0 Å². The zero-order valence-corrected chi connectivity index (χ0v) is 9.58. The van der Waals surface area contributed by atoms with Crippen molar-refractivity contribution in [2.45, 2.75) is 26.2 Å². The van der Waals surface area contributed by atoms with Crippen LogP contribution in [-0.2, 0) is 22.4 Å². The number of nitrogens with one attached hydrogen (secondary N) is 1. The van der Waals surface area contributed by atoms with Crippen molar-refractivity contribution >= 4 is 11.7 Å². The maximum atomic E-state index is 11.4. The summed E-state index contributed by atoms with van der Waals surface area (Å²) in [5, 5.41) is 3.37. The summed E-state index contributed by atoms with van der Waals surface area (Å²) in [6.07, 6.45) is 2.62. The Hall–Kier alpha value is -1.51. The van der Waals surface area contributed by atoms with Gasteiger partial charge in [0.05, 0.1) is 13.0 Å². The van der Waals surface area contributed by atoms with E-state index < -0.39 is 0 Å². The van der Waals surface area contributed by atoms with Gasteiger partial charge in [0.2, 0.25) is 0 Å². The summed E-state index contributed by atoms with van der Waals surface area (Å²) in [5.74, 6) is -0.150. The fraction of sp³-hybridized carbons (Fsp3) is 0.462. The SMILES string of the molecule is CCOC(=O)Cc1cccc2c1NCCC2. The van der Waals surface area contributed by atoms with E-state index in [1.165, 1.54) is 5.56 Å². The van der Waals surface area contributed by atoms with E-state index in [-0.39, 0.29) is 5.97 Å². The van der Waals surface area contributed by atoms with Crippen molar-refractivity contribution in [3.8, 4) is 0 Å². The molecule has 1 aliphatic rings. The summed E-state index contributed by atoms with van der Waals surface area (Å²) in [4.78, 5) is 11.4. The molecule has 0 aromatic heterocycles. The average molecular weight is 219 g/mol. The Balaban J connectivity index is 2.17. The monoisotopic (exact) mass is 219 g/mol. The fourth-order valence-corrected chi connectivity index (χ4v) is 2.10. The molecule has 0 spiro atoms. The lowest BCUT2D eigenvalue weighted by atomic mass is 9.98. The molecule has 1 aromatic carbocycles. The first kappa shape index (κ1) is 11.0. The van der Waals surface area contributed by atoms with Crippen molar-refractivity contribution < 1.29 is 9.53 Å². The molecule has 0 aliphatic carbocycles. The molecule has 3 heteroatoms.